The van der Waals surface area contributed by atoms with Crippen molar-refractivity contribution in [3.8, 4) is 83.8 Å². The van der Waals surface area contributed by atoms with E-state index in [4.69, 9.17) is 0 Å². The van der Waals surface area contributed by atoms with Gasteiger partial charge in [-0.15, -0.1) is 0 Å². The van der Waals surface area contributed by atoms with Crippen LogP contribution >= 0.6 is 0 Å². The van der Waals surface area contributed by atoms with E-state index in [9.17, 15) is 0 Å². The molecular formula is C133H89N3. The Balaban J connectivity index is 0.000000106. The summed E-state index contributed by atoms with van der Waals surface area (Å²) in [6, 6.07) is 178. The van der Waals surface area contributed by atoms with Crippen LogP contribution in [0.1, 0.15) is 16.7 Å². The minimum absolute atomic E-state index is 1.17. The Labute approximate surface area is 787 Å². The molecule has 0 saturated carbocycles. The summed E-state index contributed by atoms with van der Waals surface area (Å²) >= 11 is 0. The Bertz CT molecular complexity index is 9620. The molecule has 0 atom stereocenters. The summed E-state index contributed by atoms with van der Waals surface area (Å²) in [6.45, 7) is 6.53. The van der Waals surface area contributed by atoms with Gasteiger partial charge in [0, 0.05) is 49.1 Å². The molecule has 0 aliphatic carbocycles. The maximum absolute atomic E-state index is 2.44. The zero-order valence-corrected chi connectivity index (χ0v) is 75.5. The van der Waals surface area contributed by atoms with Crippen LogP contribution in [0.5, 0.6) is 0 Å². The summed E-state index contributed by atoms with van der Waals surface area (Å²) in [5.41, 5.74) is 29.9. The number of para-hydroxylation sites is 3. The number of nitrogens with zero attached hydrogens (tertiary/aromatic N) is 3. The fourth-order valence-corrected chi connectivity index (χ4v) is 22.6. The zero-order valence-electron chi connectivity index (χ0n) is 75.5. The van der Waals surface area contributed by atoms with Crippen molar-refractivity contribution in [1.29, 1.82) is 0 Å². The van der Waals surface area contributed by atoms with Crippen LogP contribution in [0.4, 0.5) is 0 Å². The monoisotopic (exact) mass is 1730 g/mol. The van der Waals surface area contributed by atoms with Crippen LogP contribution in [-0.2, 0) is 0 Å². The maximum Gasteiger partial charge on any atom is 0.0541 e. The number of aromatic nitrogens is 3. The van der Waals surface area contributed by atoms with E-state index >= 15 is 0 Å². The molecule has 0 aliphatic heterocycles. The molecule has 0 aliphatic rings. The van der Waals surface area contributed by atoms with Crippen molar-refractivity contribution < 1.29 is 0 Å². The second-order valence-electron chi connectivity index (χ2n) is 36.6. The molecule has 0 bridgehead atoms. The fourth-order valence-electron chi connectivity index (χ4n) is 22.6. The Morgan fingerprint density at radius 3 is 0.956 bits per heavy atom. The van der Waals surface area contributed by atoms with Crippen LogP contribution in [0.15, 0.2) is 485 Å². The molecule has 0 radical (unpaired) electrons. The van der Waals surface area contributed by atoms with Crippen molar-refractivity contribution in [3.05, 3.63) is 502 Å². The van der Waals surface area contributed by atoms with Crippen LogP contribution in [0.2, 0.25) is 0 Å². The van der Waals surface area contributed by atoms with Crippen molar-refractivity contribution in [2.45, 2.75) is 20.8 Å². The van der Waals surface area contributed by atoms with Crippen molar-refractivity contribution in [1.82, 2.24) is 13.7 Å². The van der Waals surface area contributed by atoms with E-state index in [1.807, 2.05) is 0 Å². The molecule has 636 valence electrons. The molecule has 3 aromatic heterocycles. The van der Waals surface area contributed by atoms with Gasteiger partial charge in [0.2, 0.25) is 0 Å². The van der Waals surface area contributed by atoms with Gasteiger partial charge in [-0.2, -0.15) is 0 Å². The summed E-state index contributed by atoms with van der Waals surface area (Å²) in [5.74, 6) is 0. The quantitative estimate of drug-likeness (QED) is 0.101. The number of hydrogen-bond acceptors (Lipinski definition) is 0. The highest BCUT2D eigenvalue weighted by molar-refractivity contribution is 6.31. The van der Waals surface area contributed by atoms with Gasteiger partial charge in [0.1, 0.15) is 0 Å². The standard InChI is InChI=1S/C49H33N.C44H31N.C40H25N/c1-32-20-28-45-43(30-32)44-31-37(26-29-46(44)50(45)38-15-6-3-7-16-38)33-21-23-36(24-22-33)47-40-18-10-11-19-41(40)48(35-13-4-2-5-14-35)49-39-17-9-8-12-34(39)25-27-42(47)49;1-28-16-24-40-38(26-28)39-27-29(2)17-25-41(39)45(40)33-21-18-32(19-22-33)42-35-14-8-9-15-36(35)43(31-11-4-3-5-12-31)44-34-13-7-6-10-30(34)20-23-37(42)44;1-3-13-28-26(11-1)21-22-35-36(28)25-27-12-2-4-14-29(27)40(35)34-23-24-39(31-16-6-5-15-30(31)34)41-37-19-9-7-17-32(37)33-18-8-10-20-38(33)41/h2-31H,1H3;3-27H,1-2H3;1-25H. The second-order valence-corrected chi connectivity index (χ2v) is 36.6. The van der Waals surface area contributed by atoms with Gasteiger partial charge in [0.25, 0.3) is 0 Å². The minimum atomic E-state index is 1.17. The van der Waals surface area contributed by atoms with E-state index in [0.29, 0.717) is 0 Å². The molecule has 3 heteroatoms. The van der Waals surface area contributed by atoms with E-state index in [2.05, 4.69) is 520 Å². The van der Waals surface area contributed by atoms with Crippen molar-refractivity contribution >= 4 is 173 Å². The highest BCUT2D eigenvalue weighted by atomic mass is 15.0. The normalized spacial score (nSPS) is 11.8. The first kappa shape index (κ1) is 79.4. The first-order valence-electron chi connectivity index (χ1n) is 47.3. The average Bonchev–Trinajstić information content (AvgIpc) is 1.37. The largest absolute Gasteiger partial charge is 0.309 e. The van der Waals surface area contributed by atoms with E-state index < -0.39 is 0 Å². The third-order valence-electron chi connectivity index (χ3n) is 28.6. The van der Waals surface area contributed by atoms with Gasteiger partial charge in [-0.1, -0.05) is 405 Å². The van der Waals surface area contributed by atoms with Crippen LogP contribution in [0, 0.1) is 20.8 Å². The number of benzene rings is 25. The smallest absolute Gasteiger partial charge is 0.0541 e. The summed E-state index contributed by atoms with van der Waals surface area (Å²) in [6.07, 6.45) is 0. The van der Waals surface area contributed by atoms with Gasteiger partial charge >= 0.3 is 0 Å². The molecule has 0 N–H and O–H groups in total. The van der Waals surface area contributed by atoms with Gasteiger partial charge in [-0.3, -0.25) is 0 Å². The number of rotatable bonds is 9. The molecule has 3 heterocycles. The first-order valence-corrected chi connectivity index (χ1v) is 47.3. The highest BCUT2D eigenvalue weighted by Gasteiger charge is 2.26. The van der Waals surface area contributed by atoms with Gasteiger partial charge in [-0.25, -0.2) is 0 Å². The summed E-state index contributed by atoms with van der Waals surface area (Å²) in [7, 11) is 0. The molecule has 28 aromatic rings. The predicted molar refractivity (Wildman–Crippen MR) is 584 cm³/mol. The summed E-state index contributed by atoms with van der Waals surface area (Å²) in [5, 5.41) is 33.3. The van der Waals surface area contributed by atoms with E-state index in [0.717, 1.165) is 0 Å². The number of fused-ring (bicyclic) bond motifs is 22. The third kappa shape index (κ3) is 13.0. The van der Waals surface area contributed by atoms with E-state index in [1.54, 1.807) is 0 Å². The molecule has 0 amide bonds. The fraction of sp³-hybridized carbons (Fsp3) is 0.0226. The molecule has 0 saturated heterocycles. The molecule has 136 heavy (non-hydrogen) atoms. The second kappa shape index (κ2) is 32.5. The molecule has 0 unspecified atom stereocenters. The van der Waals surface area contributed by atoms with Gasteiger partial charge < -0.3 is 13.7 Å². The Morgan fingerprint density at radius 2 is 0.463 bits per heavy atom. The molecule has 28 rings (SSSR count). The van der Waals surface area contributed by atoms with E-state index in [-0.39, 0.29) is 0 Å². The minimum Gasteiger partial charge on any atom is -0.309 e. The topological polar surface area (TPSA) is 14.8 Å². The van der Waals surface area contributed by atoms with Crippen molar-refractivity contribution in [2.75, 3.05) is 0 Å². The molecular weight excluding hydrogens is 1640 g/mol. The Kier molecular flexibility index (Phi) is 19.0. The van der Waals surface area contributed by atoms with Gasteiger partial charge in [0.05, 0.1) is 38.8 Å². The van der Waals surface area contributed by atoms with Gasteiger partial charge in [0.15, 0.2) is 0 Å². The third-order valence-corrected chi connectivity index (χ3v) is 28.6. The SMILES string of the molecule is Cc1ccc2c(c1)c1cc(-c3ccc(-c4c5ccccc5c(-c5ccccc5)c5c4ccc4ccccc45)cc3)ccc1n2-c1ccccc1.Cc1ccc2c(c1)c1cc(C)ccc1n2-c1ccc(-c2c3ccccc3c(-c3ccccc3)c3c2ccc2ccccc23)cc1.c1ccc2c(-c3ccc(-n4c5ccccc5c5ccccc54)c4ccccc34)c3ccc4ccccc4c3cc2c1. The van der Waals surface area contributed by atoms with Crippen LogP contribution < -0.4 is 0 Å². The van der Waals surface area contributed by atoms with Crippen molar-refractivity contribution in [3.63, 3.8) is 0 Å². The maximum atomic E-state index is 2.44. The van der Waals surface area contributed by atoms with E-state index in [1.165, 1.54) is 274 Å². The molecule has 0 spiro atoms. The number of aryl methyl sites for hydroxylation is 3. The zero-order chi connectivity index (χ0) is 90.2. The first-order chi connectivity index (χ1) is 67.2. The van der Waals surface area contributed by atoms with Crippen LogP contribution in [-0.4, -0.2) is 13.7 Å². The Morgan fingerprint density at radius 1 is 0.140 bits per heavy atom. The lowest BCUT2D eigenvalue weighted by Crippen LogP contribution is -1.97. The lowest BCUT2D eigenvalue weighted by atomic mass is 9.84. The summed E-state index contributed by atoms with van der Waals surface area (Å²) in [4.78, 5) is 0. The number of hydrogen-bond donors (Lipinski definition) is 0. The predicted octanol–water partition coefficient (Wildman–Crippen LogP) is 36.8. The Hall–Kier alpha value is -17.5. The van der Waals surface area contributed by atoms with Crippen LogP contribution in [0.25, 0.3) is 257 Å². The lowest BCUT2D eigenvalue weighted by molar-refractivity contribution is 1.18. The lowest BCUT2D eigenvalue weighted by Gasteiger charge is -2.19. The van der Waals surface area contributed by atoms with Gasteiger partial charge in [-0.05, 0) is 287 Å². The summed E-state index contributed by atoms with van der Waals surface area (Å²) < 4.78 is 7.23. The molecule has 0 fully saturated rings. The molecule has 3 nitrogen and oxygen atoms in total. The van der Waals surface area contributed by atoms with Crippen molar-refractivity contribution in [2.24, 2.45) is 0 Å². The van der Waals surface area contributed by atoms with Crippen LogP contribution in [0.3, 0.4) is 0 Å². The highest BCUT2D eigenvalue weighted by Crippen LogP contribution is 2.52. The molecule has 25 aromatic carbocycles. The average molecular weight is 1730 g/mol.